The molecule has 1 saturated heterocycles. The van der Waals surface area contributed by atoms with E-state index in [0.29, 0.717) is 23.7 Å². The molecule has 1 N–H and O–H groups in total. The van der Waals surface area contributed by atoms with Crippen molar-refractivity contribution < 1.29 is 4.79 Å². The Hall–Kier alpha value is -2.33. The molecule has 1 aromatic heterocycles. The molecule has 1 aliphatic rings. The number of para-hydroxylation sites is 2. The Morgan fingerprint density at radius 3 is 2.77 bits per heavy atom. The molecule has 110 valence electrons. The maximum Gasteiger partial charge on any atom is 0.253 e. The van der Waals surface area contributed by atoms with Crippen LogP contribution >= 0.6 is 11.6 Å². The number of nitrogens with one attached hydrogen (secondary N) is 1. The van der Waals surface area contributed by atoms with Gasteiger partial charge in [0.1, 0.15) is 5.82 Å². The second-order valence-electron chi connectivity index (χ2n) is 5.56. The minimum Gasteiger partial charge on any atom is -0.342 e. The molecule has 1 amide bonds. The van der Waals surface area contributed by atoms with Gasteiger partial charge in [0.05, 0.1) is 17.0 Å². The Balaban J connectivity index is 1.48. The zero-order valence-electron chi connectivity index (χ0n) is 11.8. The van der Waals surface area contributed by atoms with Gasteiger partial charge < -0.3 is 9.88 Å². The fraction of sp³-hybridized carbons (Fsp3) is 0.176. The van der Waals surface area contributed by atoms with Crippen LogP contribution in [0.25, 0.3) is 11.0 Å². The molecule has 4 rings (SSSR count). The van der Waals surface area contributed by atoms with Crippen molar-refractivity contribution in [2.75, 3.05) is 13.1 Å². The molecule has 0 spiro atoms. The highest BCUT2D eigenvalue weighted by molar-refractivity contribution is 6.30. The topological polar surface area (TPSA) is 49.0 Å². The van der Waals surface area contributed by atoms with Crippen molar-refractivity contribution in [3.8, 4) is 0 Å². The Morgan fingerprint density at radius 1 is 1.18 bits per heavy atom. The number of hydrogen-bond acceptors (Lipinski definition) is 2. The van der Waals surface area contributed by atoms with Gasteiger partial charge in [0.15, 0.2) is 0 Å². The van der Waals surface area contributed by atoms with Gasteiger partial charge in [-0.25, -0.2) is 4.98 Å². The summed E-state index contributed by atoms with van der Waals surface area (Å²) in [5.74, 6) is 1.25. The number of aromatic amines is 1. The summed E-state index contributed by atoms with van der Waals surface area (Å²) < 4.78 is 0. The normalized spacial score (nSPS) is 15.0. The first-order valence-corrected chi connectivity index (χ1v) is 7.58. The first kappa shape index (κ1) is 13.3. The maximum absolute atomic E-state index is 12.4. The summed E-state index contributed by atoms with van der Waals surface area (Å²) in [6.45, 7) is 1.37. The summed E-state index contributed by atoms with van der Waals surface area (Å²) in [5.41, 5.74) is 2.64. The molecule has 0 aliphatic carbocycles. The molecule has 0 radical (unpaired) electrons. The standard InChI is InChI=1S/C17H14ClN3O/c18-13-5-3-4-11(8-13)17(22)21-9-12(10-21)16-19-14-6-1-2-7-15(14)20-16/h1-8,12H,9-10H2,(H,19,20). The van der Waals surface area contributed by atoms with E-state index in [1.165, 1.54) is 0 Å². The van der Waals surface area contributed by atoms with Crippen LogP contribution in [-0.4, -0.2) is 33.9 Å². The van der Waals surface area contributed by atoms with Crippen LogP contribution in [0.1, 0.15) is 22.1 Å². The van der Waals surface area contributed by atoms with Crippen LogP contribution < -0.4 is 0 Å². The predicted octanol–water partition coefficient (Wildman–Crippen LogP) is 3.46. The van der Waals surface area contributed by atoms with Crippen LogP contribution in [0, 0.1) is 0 Å². The summed E-state index contributed by atoms with van der Waals surface area (Å²) in [4.78, 5) is 22.1. The number of fused-ring (bicyclic) bond motifs is 1. The highest BCUT2D eigenvalue weighted by Gasteiger charge is 2.34. The average Bonchev–Trinajstić information content (AvgIpc) is 2.89. The molecule has 2 aromatic carbocycles. The van der Waals surface area contributed by atoms with Crippen LogP contribution in [0.4, 0.5) is 0 Å². The third-order valence-electron chi connectivity index (χ3n) is 4.03. The molecular weight excluding hydrogens is 298 g/mol. The van der Waals surface area contributed by atoms with E-state index in [1.807, 2.05) is 29.2 Å². The molecule has 0 saturated carbocycles. The van der Waals surface area contributed by atoms with Gasteiger partial charge in [0.2, 0.25) is 0 Å². The van der Waals surface area contributed by atoms with E-state index in [9.17, 15) is 4.79 Å². The number of imidazole rings is 1. The maximum atomic E-state index is 12.4. The van der Waals surface area contributed by atoms with Crippen molar-refractivity contribution in [2.45, 2.75) is 5.92 Å². The second kappa shape index (κ2) is 5.14. The first-order valence-electron chi connectivity index (χ1n) is 7.20. The lowest BCUT2D eigenvalue weighted by Crippen LogP contribution is -2.48. The van der Waals surface area contributed by atoms with E-state index >= 15 is 0 Å². The molecular formula is C17H14ClN3O. The molecule has 0 atom stereocenters. The highest BCUT2D eigenvalue weighted by Crippen LogP contribution is 2.28. The van der Waals surface area contributed by atoms with Crippen molar-refractivity contribution in [1.29, 1.82) is 0 Å². The highest BCUT2D eigenvalue weighted by atomic mass is 35.5. The monoisotopic (exact) mass is 311 g/mol. The third-order valence-corrected chi connectivity index (χ3v) is 4.27. The van der Waals surface area contributed by atoms with Crippen molar-refractivity contribution >= 4 is 28.5 Å². The van der Waals surface area contributed by atoms with Gasteiger partial charge in [0, 0.05) is 23.7 Å². The smallest absolute Gasteiger partial charge is 0.253 e. The van der Waals surface area contributed by atoms with E-state index in [2.05, 4.69) is 9.97 Å². The van der Waals surface area contributed by atoms with Crippen molar-refractivity contribution in [3.05, 3.63) is 64.9 Å². The molecule has 0 unspecified atom stereocenters. The molecule has 5 heteroatoms. The van der Waals surface area contributed by atoms with E-state index < -0.39 is 0 Å². The fourth-order valence-electron chi connectivity index (χ4n) is 2.79. The van der Waals surface area contributed by atoms with Crippen LogP contribution in [0.15, 0.2) is 48.5 Å². The van der Waals surface area contributed by atoms with Gasteiger partial charge in [-0.05, 0) is 30.3 Å². The van der Waals surface area contributed by atoms with Gasteiger partial charge in [-0.1, -0.05) is 29.8 Å². The van der Waals surface area contributed by atoms with Crippen LogP contribution in [0.5, 0.6) is 0 Å². The minimum atomic E-state index is 0.0230. The number of rotatable bonds is 2. The van der Waals surface area contributed by atoms with Gasteiger partial charge in [-0.3, -0.25) is 4.79 Å². The van der Waals surface area contributed by atoms with Crippen LogP contribution in [0.3, 0.4) is 0 Å². The predicted molar refractivity (Wildman–Crippen MR) is 86.2 cm³/mol. The van der Waals surface area contributed by atoms with E-state index in [4.69, 9.17) is 11.6 Å². The number of H-pyrrole nitrogens is 1. The molecule has 2 heterocycles. The van der Waals surface area contributed by atoms with E-state index in [0.717, 1.165) is 16.9 Å². The van der Waals surface area contributed by atoms with Crippen LogP contribution in [0.2, 0.25) is 5.02 Å². The summed E-state index contributed by atoms with van der Waals surface area (Å²) >= 11 is 5.94. The molecule has 4 nitrogen and oxygen atoms in total. The number of halogens is 1. The summed E-state index contributed by atoms with van der Waals surface area (Å²) in [6.07, 6.45) is 0. The number of benzene rings is 2. The summed E-state index contributed by atoms with van der Waals surface area (Å²) in [7, 11) is 0. The average molecular weight is 312 g/mol. The lowest BCUT2D eigenvalue weighted by atomic mass is 9.98. The molecule has 3 aromatic rings. The number of hydrogen-bond donors (Lipinski definition) is 1. The second-order valence-corrected chi connectivity index (χ2v) is 5.99. The zero-order valence-corrected chi connectivity index (χ0v) is 12.5. The molecule has 1 fully saturated rings. The summed E-state index contributed by atoms with van der Waals surface area (Å²) in [5, 5.41) is 0.584. The molecule has 0 bridgehead atoms. The number of likely N-dealkylation sites (tertiary alicyclic amines) is 1. The Labute approximate surface area is 132 Å². The van der Waals surface area contributed by atoms with E-state index in [1.54, 1.807) is 24.3 Å². The van der Waals surface area contributed by atoms with Crippen molar-refractivity contribution in [2.24, 2.45) is 0 Å². The Bertz CT molecular complexity index is 819. The van der Waals surface area contributed by atoms with Gasteiger partial charge in [-0.2, -0.15) is 0 Å². The number of nitrogens with zero attached hydrogens (tertiary/aromatic N) is 2. The third kappa shape index (κ3) is 2.25. The van der Waals surface area contributed by atoms with Crippen molar-refractivity contribution in [1.82, 2.24) is 14.9 Å². The van der Waals surface area contributed by atoms with Crippen LogP contribution in [-0.2, 0) is 0 Å². The Morgan fingerprint density at radius 2 is 2.00 bits per heavy atom. The quantitative estimate of drug-likeness (QED) is 0.788. The SMILES string of the molecule is O=C(c1cccc(Cl)c1)N1CC(c2nc3ccccc3[nH]2)C1. The van der Waals surface area contributed by atoms with Gasteiger partial charge in [0.25, 0.3) is 5.91 Å². The lowest BCUT2D eigenvalue weighted by molar-refractivity contribution is 0.0596. The zero-order chi connectivity index (χ0) is 15.1. The summed E-state index contributed by atoms with van der Waals surface area (Å²) in [6, 6.07) is 15.0. The number of carbonyl (C=O) groups excluding carboxylic acids is 1. The number of amides is 1. The Kier molecular flexibility index (Phi) is 3.12. The van der Waals surface area contributed by atoms with E-state index in [-0.39, 0.29) is 11.8 Å². The molecule has 1 aliphatic heterocycles. The molecule has 22 heavy (non-hydrogen) atoms. The van der Waals surface area contributed by atoms with Gasteiger partial charge >= 0.3 is 0 Å². The largest absolute Gasteiger partial charge is 0.342 e. The van der Waals surface area contributed by atoms with Gasteiger partial charge in [-0.15, -0.1) is 0 Å². The minimum absolute atomic E-state index is 0.0230. The number of carbonyl (C=O) groups is 1. The van der Waals surface area contributed by atoms with Crippen molar-refractivity contribution in [3.63, 3.8) is 0 Å². The first-order chi connectivity index (χ1) is 10.7. The fourth-order valence-corrected chi connectivity index (χ4v) is 2.98. The number of aromatic nitrogens is 2. The lowest BCUT2D eigenvalue weighted by Gasteiger charge is -2.38.